The predicted octanol–water partition coefficient (Wildman–Crippen LogP) is 0.618. The van der Waals surface area contributed by atoms with E-state index in [0.717, 1.165) is 19.3 Å². The number of aliphatic hydroxyl groups excluding tert-OH is 1. The lowest BCUT2D eigenvalue weighted by Gasteiger charge is -2.20. The van der Waals surface area contributed by atoms with Crippen molar-refractivity contribution in [3.05, 3.63) is 0 Å². The number of hydrogen-bond acceptors (Lipinski definition) is 3. The molecule has 0 aromatic heterocycles. The van der Waals surface area contributed by atoms with Crippen molar-refractivity contribution in [2.75, 3.05) is 13.1 Å². The fraction of sp³-hybridized carbons (Fsp3) is 1.00. The Kier molecular flexibility index (Phi) is 7.91. The van der Waals surface area contributed by atoms with Crippen molar-refractivity contribution in [3.8, 4) is 0 Å². The fourth-order valence-electron chi connectivity index (χ4n) is 1.48. The van der Waals surface area contributed by atoms with Gasteiger partial charge >= 0.3 is 0 Å². The molecule has 0 heterocycles. The SMILES string of the molecule is CCCNS(=O)(=O)NCC(O)C(CC)CC. The van der Waals surface area contributed by atoms with E-state index in [1.54, 1.807) is 0 Å². The number of hydrogen-bond donors (Lipinski definition) is 3. The first-order valence-corrected chi connectivity index (χ1v) is 7.37. The summed E-state index contributed by atoms with van der Waals surface area (Å²) in [6, 6.07) is 0. The van der Waals surface area contributed by atoms with Gasteiger partial charge in [-0.05, 0) is 12.3 Å². The smallest absolute Gasteiger partial charge is 0.276 e. The van der Waals surface area contributed by atoms with Crippen LogP contribution in [-0.4, -0.2) is 32.7 Å². The summed E-state index contributed by atoms with van der Waals surface area (Å²) in [7, 11) is -3.45. The third kappa shape index (κ3) is 6.42. The maximum atomic E-state index is 11.4. The molecule has 0 saturated carbocycles. The molecule has 0 fully saturated rings. The van der Waals surface area contributed by atoms with Gasteiger partial charge in [-0.25, -0.2) is 4.72 Å². The van der Waals surface area contributed by atoms with Crippen LogP contribution in [0.1, 0.15) is 40.0 Å². The van der Waals surface area contributed by atoms with E-state index in [0.29, 0.717) is 6.54 Å². The summed E-state index contributed by atoms with van der Waals surface area (Å²) < 4.78 is 27.5. The van der Waals surface area contributed by atoms with E-state index in [-0.39, 0.29) is 12.5 Å². The highest BCUT2D eigenvalue weighted by Gasteiger charge is 2.18. The van der Waals surface area contributed by atoms with Crippen molar-refractivity contribution in [1.82, 2.24) is 9.44 Å². The van der Waals surface area contributed by atoms with Crippen molar-refractivity contribution < 1.29 is 13.5 Å². The lowest BCUT2D eigenvalue weighted by atomic mass is 9.97. The van der Waals surface area contributed by atoms with Gasteiger partial charge in [0.15, 0.2) is 0 Å². The largest absolute Gasteiger partial charge is 0.391 e. The zero-order chi connectivity index (χ0) is 12.6. The maximum Gasteiger partial charge on any atom is 0.276 e. The molecule has 0 aromatic carbocycles. The van der Waals surface area contributed by atoms with Crippen LogP contribution >= 0.6 is 0 Å². The summed E-state index contributed by atoms with van der Waals surface area (Å²) >= 11 is 0. The fourth-order valence-corrected chi connectivity index (χ4v) is 2.45. The van der Waals surface area contributed by atoms with Crippen LogP contribution in [0.5, 0.6) is 0 Å². The molecule has 0 radical (unpaired) electrons. The van der Waals surface area contributed by atoms with E-state index in [1.807, 2.05) is 20.8 Å². The van der Waals surface area contributed by atoms with Gasteiger partial charge in [0.05, 0.1) is 6.10 Å². The van der Waals surface area contributed by atoms with E-state index < -0.39 is 16.3 Å². The Bertz CT molecular complexity index is 263. The van der Waals surface area contributed by atoms with E-state index in [1.165, 1.54) is 0 Å². The highest BCUT2D eigenvalue weighted by Crippen LogP contribution is 2.12. The third-order valence-corrected chi connectivity index (χ3v) is 3.75. The van der Waals surface area contributed by atoms with Crippen LogP contribution in [0.3, 0.4) is 0 Å². The van der Waals surface area contributed by atoms with Gasteiger partial charge in [-0.15, -0.1) is 0 Å². The maximum absolute atomic E-state index is 11.4. The summed E-state index contributed by atoms with van der Waals surface area (Å²) in [5, 5.41) is 9.74. The molecule has 0 aliphatic heterocycles. The van der Waals surface area contributed by atoms with Crippen LogP contribution in [0, 0.1) is 5.92 Å². The van der Waals surface area contributed by atoms with Crippen molar-refractivity contribution in [2.45, 2.75) is 46.1 Å². The predicted molar refractivity (Wildman–Crippen MR) is 65.3 cm³/mol. The summed E-state index contributed by atoms with van der Waals surface area (Å²) in [6.45, 7) is 6.35. The molecule has 16 heavy (non-hydrogen) atoms. The van der Waals surface area contributed by atoms with Crippen LogP contribution in [0.15, 0.2) is 0 Å². The first-order valence-electron chi connectivity index (χ1n) is 5.89. The van der Waals surface area contributed by atoms with Gasteiger partial charge in [-0.2, -0.15) is 13.1 Å². The molecular formula is C10H24N2O3S. The Balaban J connectivity index is 4.03. The lowest BCUT2D eigenvalue weighted by molar-refractivity contribution is 0.107. The zero-order valence-electron chi connectivity index (χ0n) is 10.4. The molecule has 1 unspecified atom stereocenters. The van der Waals surface area contributed by atoms with Crippen molar-refractivity contribution in [1.29, 1.82) is 0 Å². The summed E-state index contributed by atoms with van der Waals surface area (Å²) in [5.74, 6) is 0.147. The van der Waals surface area contributed by atoms with Crippen LogP contribution in [0.2, 0.25) is 0 Å². The molecule has 0 aliphatic carbocycles. The van der Waals surface area contributed by atoms with Crippen molar-refractivity contribution in [3.63, 3.8) is 0 Å². The molecule has 98 valence electrons. The average molecular weight is 252 g/mol. The first kappa shape index (κ1) is 15.8. The summed E-state index contributed by atoms with van der Waals surface area (Å²) in [4.78, 5) is 0. The molecule has 0 aromatic rings. The van der Waals surface area contributed by atoms with Crippen LogP contribution < -0.4 is 9.44 Å². The summed E-state index contributed by atoms with van der Waals surface area (Å²) in [6.07, 6.45) is 1.83. The standard InChI is InChI=1S/C10H24N2O3S/c1-4-7-11-16(14,15)12-8-10(13)9(5-2)6-3/h9-13H,4-8H2,1-3H3. The molecule has 0 bridgehead atoms. The Hall–Kier alpha value is -0.170. The average Bonchev–Trinajstić information content (AvgIpc) is 2.25. The Labute approximate surface area is 98.8 Å². The van der Waals surface area contributed by atoms with Gasteiger partial charge in [0.25, 0.3) is 10.2 Å². The monoisotopic (exact) mass is 252 g/mol. The topological polar surface area (TPSA) is 78.4 Å². The van der Waals surface area contributed by atoms with E-state index in [2.05, 4.69) is 9.44 Å². The molecule has 0 rings (SSSR count). The second-order valence-corrected chi connectivity index (χ2v) is 5.47. The number of nitrogens with one attached hydrogen (secondary N) is 2. The zero-order valence-corrected chi connectivity index (χ0v) is 11.2. The molecule has 3 N–H and O–H groups in total. The number of aliphatic hydroxyl groups is 1. The second-order valence-electron chi connectivity index (χ2n) is 3.89. The molecular weight excluding hydrogens is 228 g/mol. The molecule has 1 atom stereocenters. The minimum absolute atomic E-state index is 0.0748. The first-order chi connectivity index (χ1) is 7.46. The summed E-state index contributed by atoms with van der Waals surface area (Å²) in [5.41, 5.74) is 0. The highest BCUT2D eigenvalue weighted by atomic mass is 32.2. The van der Waals surface area contributed by atoms with Gasteiger partial charge in [0.2, 0.25) is 0 Å². The normalized spacial score (nSPS) is 14.3. The van der Waals surface area contributed by atoms with Gasteiger partial charge in [0, 0.05) is 13.1 Å². The lowest BCUT2D eigenvalue weighted by Crippen LogP contribution is -2.42. The van der Waals surface area contributed by atoms with Gasteiger partial charge in [-0.1, -0.05) is 33.6 Å². The molecule has 0 aliphatic rings. The van der Waals surface area contributed by atoms with E-state index in [4.69, 9.17) is 0 Å². The Morgan fingerprint density at radius 1 is 1.12 bits per heavy atom. The van der Waals surface area contributed by atoms with Crippen LogP contribution in [-0.2, 0) is 10.2 Å². The number of rotatable bonds is 9. The minimum Gasteiger partial charge on any atom is -0.391 e. The van der Waals surface area contributed by atoms with Crippen LogP contribution in [0.4, 0.5) is 0 Å². The molecule has 0 amide bonds. The quantitative estimate of drug-likeness (QED) is 0.563. The molecule has 0 saturated heterocycles. The van der Waals surface area contributed by atoms with Gasteiger partial charge in [0.1, 0.15) is 0 Å². The highest BCUT2D eigenvalue weighted by molar-refractivity contribution is 7.87. The van der Waals surface area contributed by atoms with Crippen LogP contribution in [0.25, 0.3) is 0 Å². The second kappa shape index (κ2) is 8.00. The van der Waals surface area contributed by atoms with Crippen molar-refractivity contribution >= 4 is 10.2 Å². The molecule has 0 spiro atoms. The van der Waals surface area contributed by atoms with E-state index >= 15 is 0 Å². The third-order valence-electron chi connectivity index (χ3n) is 2.62. The Morgan fingerprint density at radius 3 is 2.12 bits per heavy atom. The molecule has 6 heteroatoms. The molecule has 5 nitrogen and oxygen atoms in total. The minimum atomic E-state index is -3.45. The Morgan fingerprint density at radius 2 is 1.69 bits per heavy atom. The van der Waals surface area contributed by atoms with Gasteiger partial charge in [-0.3, -0.25) is 0 Å². The van der Waals surface area contributed by atoms with Crippen molar-refractivity contribution in [2.24, 2.45) is 5.92 Å². The van der Waals surface area contributed by atoms with E-state index in [9.17, 15) is 13.5 Å². The van der Waals surface area contributed by atoms with Gasteiger partial charge < -0.3 is 5.11 Å².